The molecular formula is C32H34FN5O5. The van der Waals surface area contributed by atoms with Crippen LogP contribution in [0.3, 0.4) is 0 Å². The number of amides is 1. The Labute approximate surface area is 247 Å². The van der Waals surface area contributed by atoms with Crippen LogP contribution in [0.15, 0.2) is 53.5 Å². The maximum Gasteiger partial charge on any atom is 0.256 e. The summed E-state index contributed by atoms with van der Waals surface area (Å²) in [6.07, 6.45) is 1.56. The number of halogens is 1. The smallest absolute Gasteiger partial charge is 0.256 e. The Morgan fingerprint density at radius 2 is 1.56 bits per heavy atom. The fourth-order valence-electron chi connectivity index (χ4n) is 6.08. The first-order valence-corrected chi connectivity index (χ1v) is 14.8. The molecule has 4 heterocycles. The van der Waals surface area contributed by atoms with Crippen LogP contribution in [0.5, 0.6) is 11.5 Å². The summed E-state index contributed by atoms with van der Waals surface area (Å²) in [4.78, 5) is 31.6. The Bertz CT molecular complexity index is 1750. The quantitative estimate of drug-likeness (QED) is 0.286. The molecule has 1 aromatic heterocycles. The molecule has 0 spiro atoms. The third-order valence-corrected chi connectivity index (χ3v) is 8.41. The van der Waals surface area contributed by atoms with E-state index in [1.807, 2.05) is 36.4 Å². The van der Waals surface area contributed by atoms with Gasteiger partial charge in [-0.05, 0) is 17.5 Å². The minimum absolute atomic E-state index is 0.0473. The van der Waals surface area contributed by atoms with Crippen LogP contribution in [0.2, 0.25) is 0 Å². The highest BCUT2D eigenvalue weighted by Crippen LogP contribution is 2.47. The Morgan fingerprint density at radius 1 is 0.860 bits per heavy atom. The molecule has 3 aromatic carbocycles. The zero-order valence-corrected chi connectivity index (χ0v) is 23.9. The number of carbonyl (C=O) groups excluding carboxylic acids is 1. The van der Waals surface area contributed by atoms with Gasteiger partial charge in [0.25, 0.3) is 5.91 Å². The summed E-state index contributed by atoms with van der Waals surface area (Å²) in [5.74, 6) is -0.331. The average molecular weight is 588 g/mol. The first-order chi connectivity index (χ1) is 21.1. The number of benzene rings is 3. The summed E-state index contributed by atoms with van der Waals surface area (Å²) >= 11 is 0. The summed E-state index contributed by atoms with van der Waals surface area (Å²) in [5.41, 5.74) is 0.699. The van der Waals surface area contributed by atoms with Gasteiger partial charge < -0.3 is 29.4 Å². The lowest BCUT2D eigenvalue weighted by molar-refractivity contribution is 0.0383. The number of nitrogens with one attached hydrogen (secondary N) is 2. The molecule has 2 fully saturated rings. The maximum atomic E-state index is 15.9. The van der Waals surface area contributed by atoms with Gasteiger partial charge in [0, 0.05) is 63.9 Å². The summed E-state index contributed by atoms with van der Waals surface area (Å²) in [6, 6.07) is 12.9. The van der Waals surface area contributed by atoms with Crippen molar-refractivity contribution in [1.29, 1.82) is 0 Å². The van der Waals surface area contributed by atoms with Gasteiger partial charge in [-0.1, -0.05) is 30.3 Å². The van der Waals surface area contributed by atoms with Crippen LogP contribution in [-0.4, -0.2) is 99.1 Å². The average Bonchev–Trinajstić information content (AvgIpc) is 3.04. The van der Waals surface area contributed by atoms with Crippen molar-refractivity contribution in [3.8, 4) is 17.2 Å². The molecule has 10 nitrogen and oxygen atoms in total. The van der Waals surface area contributed by atoms with Gasteiger partial charge in [-0.25, -0.2) is 4.39 Å². The third-order valence-electron chi connectivity index (χ3n) is 8.41. The van der Waals surface area contributed by atoms with Crippen LogP contribution in [-0.2, 0) is 9.47 Å². The molecule has 0 atom stereocenters. The third kappa shape index (κ3) is 5.33. The van der Waals surface area contributed by atoms with Gasteiger partial charge in [0.1, 0.15) is 16.8 Å². The van der Waals surface area contributed by atoms with Gasteiger partial charge in [-0.2, -0.15) is 0 Å². The number of anilines is 1. The van der Waals surface area contributed by atoms with E-state index in [0.717, 1.165) is 37.0 Å². The van der Waals surface area contributed by atoms with Crippen LogP contribution in [0, 0.1) is 5.82 Å². The molecule has 1 amide bonds. The lowest BCUT2D eigenvalue weighted by Gasteiger charge is -2.29. The molecule has 3 aliphatic heterocycles. The lowest BCUT2D eigenvalue weighted by Crippen LogP contribution is -2.42. The largest absolute Gasteiger partial charge is 0.450 e. The van der Waals surface area contributed by atoms with Crippen molar-refractivity contribution in [3.05, 3.63) is 70.3 Å². The number of hydrogen-bond acceptors (Lipinski definition) is 8. The van der Waals surface area contributed by atoms with E-state index in [2.05, 4.69) is 20.4 Å². The minimum atomic E-state index is -0.610. The van der Waals surface area contributed by atoms with Gasteiger partial charge in [0.05, 0.1) is 37.5 Å². The molecule has 0 bridgehead atoms. The molecule has 3 aliphatic rings. The Kier molecular flexibility index (Phi) is 7.70. The molecule has 43 heavy (non-hydrogen) atoms. The van der Waals surface area contributed by atoms with Crippen LogP contribution in [0.4, 0.5) is 10.1 Å². The van der Waals surface area contributed by atoms with E-state index in [1.54, 1.807) is 10.8 Å². The van der Waals surface area contributed by atoms with Gasteiger partial charge in [-0.15, -0.1) is 0 Å². The van der Waals surface area contributed by atoms with Crippen molar-refractivity contribution in [3.63, 3.8) is 0 Å². The second kappa shape index (κ2) is 11.9. The SMILES string of the molecule is O=C(NCCN1CCOCC1)c1cn2c3c(c(NCCN4CCOCC4)c(F)cc3c1=O)Oc1c-2ccc2ccccc12. The summed E-state index contributed by atoms with van der Waals surface area (Å²) in [7, 11) is 0. The van der Waals surface area contributed by atoms with Gasteiger partial charge in [0.15, 0.2) is 17.3 Å². The molecule has 0 aliphatic carbocycles. The van der Waals surface area contributed by atoms with E-state index in [9.17, 15) is 9.59 Å². The van der Waals surface area contributed by atoms with E-state index in [0.29, 0.717) is 69.6 Å². The number of fused-ring (bicyclic) bond motifs is 4. The molecule has 224 valence electrons. The van der Waals surface area contributed by atoms with E-state index in [1.165, 1.54) is 6.07 Å². The molecule has 7 rings (SSSR count). The summed E-state index contributed by atoms with van der Waals surface area (Å²) < 4.78 is 35.0. The molecule has 4 aromatic rings. The summed E-state index contributed by atoms with van der Waals surface area (Å²) in [5, 5.41) is 8.02. The predicted molar refractivity (Wildman–Crippen MR) is 162 cm³/mol. The van der Waals surface area contributed by atoms with Crippen molar-refractivity contribution in [2.24, 2.45) is 0 Å². The standard InChI is InChI=1S/C32H34FN5O5/c33-25-19-23-28-31(27(25)34-7-9-36-11-15-41-16-12-36)43-30-22-4-2-1-3-21(22)5-6-26(30)38(28)20-24(29(23)39)32(40)35-8-10-37-13-17-42-18-14-37/h1-6,19-20,34H,7-18H2,(H,35,40). The monoisotopic (exact) mass is 587 g/mol. The van der Waals surface area contributed by atoms with Crippen LogP contribution in [0.1, 0.15) is 10.4 Å². The number of morpholine rings is 2. The predicted octanol–water partition coefficient (Wildman–Crippen LogP) is 3.19. The second-order valence-electron chi connectivity index (χ2n) is 11.0. The first kappa shape index (κ1) is 27.8. The topological polar surface area (TPSA) is 97.3 Å². The van der Waals surface area contributed by atoms with Crippen LogP contribution in [0.25, 0.3) is 27.4 Å². The molecular weight excluding hydrogens is 553 g/mol. The van der Waals surface area contributed by atoms with Crippen LogP contribution < -0.4 is 20.8 Å². The van der Waals surface area contributed by atoms with Crippen molar-refractivity contribution in [1.82, 2.24) is 19.7 Å². The zero-order valence-electron chi connectivity index (χ0n) is 23.9. The first-order valence-electron chi connectivity index (χ1n) is 14.8. The number of ether oxygens (including phenoxy) is 3. The molecule has 0 unspecified atom stereocenters. The number of hydrogen-bond donors (Lipinski definition) is 2. The Hall–Kier alpha value is -4.03. The number of aromatic nitrogens is 1. The second-order valence-corrected chi connectivity index (χ2v) is 11.0. The lowest BCUT2D eigenvalue weighted by atomic mass is 10.0. The Morgan fingerprint density at radius 3 is 2.30 bits per heavy atom. The Balaban J connectivity index is 1.28. The molecule has 2 saturated heterocycles. The van der Waals surface area contributed by atoms with Crippen molar-refractivity contribution in [2.75, 3.05) is 84.1 Å². The number of rotatable bonds is 8. The highest BCUT2D eigenvalue weighted by molar-refractivity contribution is 6.03. The van der Waals surface area contributed by atoms with Crippen molar-refractivity contribution < 1.29 is 23.4 Å². The minimum Gasteiger partial charge on any atom is -0.450 e. The number of pyridine rings is 1. The summed E-state index contributed by atoms with van der Waals surface area (Å²) in [6.45, 7) is 8.14. The van der Waals surface area contributed by atoms with E-state index >= 15 is 4.39 Å². The van der Waals surface area contributed by atoms with Crippen LogP contribution >= 0.6 is 0 Å². The highest BCUT2D eigenvalue weighted by atomic mass is 19.1. The molecule has 0 saturated carbocycles. The van der Waals surface area contributed by atoms with Gasteiger partial charge >= 0.3 is 0 Å². The van der Waals surface area contributed by atoms with Gasteiger partial charge in [-0.3, -0.25) is 19.4 Å². The van der Waals surface area contributed by atoms with E-state index < -0.39 is 17.2 Å². The van der Waals surface area contributed by atoms with E-state index in [-0.39, 0.29) is 22.4 Å². The number of nitrogens with zero attached hydrogens (tertiary/aromatic N) is 3. The zero-order chi connectivity index (χ0) is 29.3. The normalized spacial score (nSPS) is 17.0. The molecule has 2 N–H and O–H groups in total. The fourth-order valence-corrected chi connectivity index (χ4v) is 6.08. The van der Waals surface area contributed by atoms with Crippen molar-refractivity contribution in [2.45, 2.75) is 0 Å². The fraction of sp³-hybridized carbons (Fsp3) is 0.375. The molecule has 0 radical (unpaired) electrons. The maximum absolute atomic E-state index is 15.9. The van der Waals surface area contributed by atoms with Crippen molar-refractivity contribution >= 4 is 33.3 Å². The van der Waals surface area contributed by atoms with E-state index in [4.69, 9.17) is 14.2 Å². The molecule has 11 heteroatoms. The van der Waals surface area contributed by atoms with Gasteiger partial charge in [0.2, 0.25) is 5.43 Å². The number of carbonyl (C=O) groups is 1. The highest BCUT2D eigenvalue weighted by Gasteiger charge is 2.29.